The van der Waals surface area contributed by atoms with Crippen molar-refractivity contribution in [1.29, 1.82) is 0 Å². The number of carbonyl (C=O) groups is 1. The number of anilines is 1. The lowest BCUT2D eigenvalue weighted by Crippen LogP contribution is -2.21. The molecule has 134 valence electrons. The molecule has 1 aliphatic heterocycles. The second-order valence-corrected chi connectivity index (χ2v) is 6.53. The van der Waals surface area contributed by atoms with Crippen molar-refractivity contribution in [3.8, 4) is 17.2 Å². The summed E-state index contributed by atoms with van der Waals surface area (Å²) in [7, 11) is 2.90. The third-order valence-corrected chi connectivity index (χ3v) is 4.48. The molecule has 0 fully saturated rings. The molecule has 1 aliphatic rings. The van der Waals surface area contributed by atoms with E-state index in [0.29, 0.717) is 22.5 Å². The zero-order valence-corrected chi connectivity index (χ0v) is 16.1. The number of hydrogen-bond acceptors (Lipinski definition) is 5. The Morgan fingerprint density at radius 1 is 1.12 bits per heavy atom. The van der Waals surface area contributed by atoms with Crippen LogP contribution in [0.25, 0.3) is 6.08 Å². The molecule has 2 aromatic rings. The molecule has 2 aromatic carbocycles. The Balaban J connectivity index is 1.98. The largest absolute Gasteiger partial charge is 0.502 e. The fraction of sp³-hybridized carbons (Fsp3) is 0.158. The number of phenols is 1. The lowest BCUT2D eigenvalue weighted by atomic mass is 10.1. The number of methoxy groups -OCH3 is 2. The maximum atomic E-state index is 12.8. The molecule has 0 spiro atoms. The Labute approximate surface area is 159 Å². The van der Waals surface area contributed by atoms with Crippen LogP contribution in [0.4, 0.5) is 5.69 Å². The number of carbonyl (C=O) groups excluding carboxylic acids is 1. The van der Waals surface area contributed by atoms with Gasteiger partial charge in [-0.2, -0.15) is 10.1 Å². The van der Waals surface area contributed by atoms with Crippen molar-refractivity contribution in [3.05, 3.63) is 52.0 Å². The van der Waals surface area contributed by atoms with Crippen LogP contribution in [0.15, 0.2) is 51.5 Å². The van der Waals surface area contributed by atoms with Crippen LogP contribution in [-0.4, -0.2) is 30.9 Å². The number of benzene rings is 2. The highest BCUT2D eigenvalue weighted by Crippen LogP contribution is 2.38. The smallest absolute Gasteiger partial charge is 0.280 e. The van der Waals surface area contributed by atoms with Crippen LogP contribution in [0.3, 0.4) is 0 Å². The van der Waals surface area contributed by atoms with E-state index in [2.05, 4.69) is 21.0 Å². The van der Waals surface area contributed by atoms with Gasteiger partial charge in [-0.15, -0.1) is 0 Å². The highest BCUT2D eigenvalue weighted by molar-refractivity contribution is 9.10. The van der Waals surface area contributed by atoms with E-state index in [1.807, 2.05) is 24.3 Å². The Morgan fingerprint density at radius 3 is 2.23 bits per heavy atom. The maximum absolute atomic E-state index is 12.8. The Kier molecular flexibility index (Phi) is 4.99. The van der Waals surface area contributed by atoms with Gasteiger partial charge in [-0.3, -0.25) is 4.79 Å². The summed E-state index contributed by atoms with van der Waals surface area (Å²) in [5, 5.41) is 15.7. The summed E-state index contributed by atoms with van der Waals surface area (Å²) in [5.74, 6) is 0.217. The highest BCUT2D eigenvalue weighted by atomic mass is 79.9. The van der Waals surface area contributed by atoms with Crippen LogP contribution < -0.4 is 14.5 Å². The normalized spacial score (nSPS) is 15.4. The Hall–Kier alpha value is -2.80. The van der Waals surface area contributed by atoms with Gasteiger partial charge in [-0.25, -0.2) is 0 Å². The predicted octanol–water partition coefficient (Wildman–Crippen LogP) is 3.98. The quantitative estimate of drug-likeness (QED) is 0.765. The van der Waals surface area contributed by atoms with Crippen molar-refractivity contribution in [2.24, 2.45) is 5.10 Å². The number of halogens is 1. The number of hydrazone groups is 1. The first-order valence-electron chi connectivity index (χ1n) is 7.77. The molecule has 0 saturated carbocycles. The molecule has 1 heterocycles. The first-order valence-corrected chi connectivity index (χ1v) is 8.56. The zero-order chi connectivity index (χ0) is 18.8. The van der Waals surface area contributed by atoms with Crippen LogP contribution in [0.1, 0.15) is 12.5 Å². The van der Waals surface area contributed by atoms with Crippen LogP contribution in [0, 0.1) is 0 Å². The second kappa shape index (κ2) is 7.21. The molecule has 0 atom stereocenters. The van der Waals surface area contributed by atoms with Crippen molar-refractivity contribution in [3.63, 3.8) is 0 Å². The molecular weight excluding hydrogens is 400 g/mol. The fourth-order valence-electron chi connectivity index (χ4n) is 2.61. The van der Waals surface area contributed by atoms with Gasteiger partial charge in [-0.1, -0.05) is 15.9 Å². The van der Waals surface area contributed by atoms with Gasteiger partial charge in [0.25, 0.3) is 5.91 Å². The van der Waals surface area contributed by atoms with Crippen LogP contribution in [-0.2, 0) is 4.79 Å². The molecule has 3 rings (SSSR count). The minimum absolute atomic E-state index is 0.0863. The first kappa shape index (κ1) is 18.0. The minimum Gasteiger partial charge on any atom is -0.502 e. The van der Waals surface area contributed by atoms with Crippen LogP contribution >= 0.6 is 15.9 Å². The Bertz CT molecular complexity index is 895. The van der Waals surface area contributed by atoms with E-state index in [9.17, 15) is 9.90 Å². The van der Waals surface area contributed by atoms with Gasteiger partial charge in [0.2, 0.25) is 5.75 Å². The number of hydrogen-bond donors (Lipinski definition) is 1. The SMILES string of the molecule is COc1cc(C=C2C(=O)N(c3ccc(Br)cc3)N=C2C)cc(OC)c1O. The van der Waals surface area contributed by atoms with Crippen LogP contribution in [0.5, 0.6) is 17.2 Å². The lowest BCUT2D eigenvalue weighted by Gasteiger charge is -2.12. The molecular formula is C19H17BrN2O4. The fourth-order valence-corrected chi connectivity index (χ4v) is 2.87. The van der Waals surface area contributed by atoms with Gasteiger partial charge in [0.15, 0.2) is 11.5 Å². The van der Waals surface area contributed by atoms with Gasteiger partial charge in [0.1, 0.15) is 0 Å². The van der Waals surface area contributed by atoms with Gasteiger partial charge in [-0.05, 0) is 55.0 Å². The number of aromatic hydroxyl groups is 1. The summed E-state index contributed by atoms with van der Waals surface area (Å²) in [4.78, 5) is 12.8. The van der Waals surface area contributed by atoms with E-state index in [4.69, 9.17) is 9.47 Å². The average Bonchev–Trinajstić information content (AvgIpc) is 2.91. The molecule has 1 N–H and O–H groups in total. The van der Waals surface area contributed by atoms with Gasteiger partial charge in [0.05, 0.1) is 31.2 Å². The molecule has 0 bridgehead atoms. The minimum atomic E-state index is -0.226. The van der Waals surface area contributed by atoms with E-state index in [-0.39, 0.29) is 23.2 Å². The molecule has 0 radical (unpaired) electrons. The molecule has 6 nitrogen and oxygen atoms in total. The van der Waals surface area contributed by atoms with Crippen molar-refractivity contribution in [2.75, 3.05) is 19.2 Å². The summed E-state index contributed by atoms with van der Waals surface area (Å²) < 4.78 is 11.2. The number of amides is 1. The molecule has 0 aromatic heterocycles. The summed E-state index contributed by atoms with van der Waals surface area (Å²) in [5.41, 5.74) is 2.40. The zero-order valence-electron chi connectivity index (χ0n) is 14.5. The Morgan fingerprint density at radius 2 is 1.69 bits per heavy atom. The molecule has 26 heavy (non-hydrogen) atoms. The second-order valence-electron chi connectivity index (χ2n) is 5.61. The number of ether oxygens (including phenoxy) is 2. The van der Waals surface area contributed by atoms with E-state index < -0.39 is 0 Å². The third-order valence-electron chi connectivity index (χ3n) is 3.95. The summed E-state index contributed by atoms with van der Waals surface area (Å²) in [6.07, 6.45) is 1.70. The molecule has 0 aliphatic carbocycles. The standard InChI is InChI=1S/C19H17BrN2O4/c1-11-15(8-12-9-16(25-2)18(23)17(10-12)26-3)19(24)22(21-11)14-6-4-13(20)5-7-14/h4-10,23H,1-3H3. The highest BCUT2D eigenvalue weighted by Gasteiger charge is 2.28. The predicted molar refractivity (Wildman–Crippen MR) is 104 cm³/mol. The van der Waals surface area contributed by atoms with Gasteiger partial charge >= 0.3 is 0 Å². The summed E-state index contributed by atoms with van der Waals surface area (Å²) >= 11 is 3.38. The monoisotopic (exact) mass is 416 g/mol. The van der Waals surface area contributed by atoms with Crippen molar-refractivity contribution in [2.45, 2.75) is 6.92 Å². The van der Waals surface area contributed by atoms with E-state index in [1.165, 1.54) is 19.2 Å². The first-order chi connectivity index (χ1) is 12.4. The molecule has 0 saturated heterocycles. The maximum Gasteiger partial charge on any atom is 0.280 e. The summed E-state index contributed by atoms with van der Waals surface area (Å²) in [6, 6.07) is 10.6. The average molecular weight is 417 g/mol. The summed E-state index contributed by atoms with van der Waals surface area (Å²) in [6.45, 7) is 1.78. The van der Waals surface area contributed by atoms with Crippen LogP contribution in [0.2, 0.25) is 0 Å². The topological polar surface area (TPSA) is 71.4 Å². The van der Waals surface area contributed by atoms with Crippen molar-refractivity contribution in [1.82, 2.24) is 0 Å². The lowest BCUT2D eigenvalue weighted by molar-refractivity contribution is -0.114. The van der Waals surface area contributed by atoms with E-state index in [1.54, 1.807) is 25.1 Å². The molecule has 0 unspecified atom stereocenters. The number of nitrogens with zero attached hydrogens (tertiary/aromatic N) is 2. The molecule has 7 heteroatoms. The van der Waals surface area contributed by atoms with Crippen molar-refractivity contribution < 1.29 is 19.4 Å². The number of phenolic OH excluding ortho intramolecular Hbond substituents is 1. The third kappa shape index (κ3) is 3.30. The van der Waals surface area contributed by atoms with E-state index >= 15 is 0 Å². The molecule has 1 amide bonds. The van der Waals surface area contributed by atoms with Crippen molar-refractivity contribution >= 4 is 39.3 Å². The van der Waals surface area contributed by atoms with Gasteiger partial charge < -0.3 is 14.6 Å². The van der Waals surface area contributed by atoms with E-state index in [0.717, 1.165) is 4.47 Å². The number of rotatable bonds is 4. The van der Waals surface area contributed by atoms with Gasteiger partial charge in [0, 0.05) is 4.47 Å².